The number of nitrogens with zero attached hydrogens (tertiary/aromatic N) is 1. The molecule has 0 amide bonds. The first-order chi connectivity index (χ1) is 9.11. The van der Waals surface area contributed by atoms with Crippen LogP contribution in [-0.2, 0) is 4.79 Å². The maximum Gasteiger partial charge on any atom is 0.325 e. The molecule has 2 rings (SSSR count). The molecule has 0 saturated carbocycles. The molecule has 1 fully saturated rings. The van der Waals surface area contributed by atoms with Gasteiger partial charge in [0.15, 0.2) is 0 Å². The molecule has 5 heteroatoms. The van der Waals surface area contributed by atoms with Crippen LogP contribution < -0.4 is 4.74 Å². The van der Waals surface area contributed by atoms with Gasteiger partial charge in [-0.15, -0.1) is 0 Å². The van der Waals surface area contributed by atoms with E-state index in [2.05, 4.69) is 0 Å². The largest absolute Gasteiger partial charge is 0.497 e. The van der Waals surface area contributed by atoms with Crippen LogP contribution in [0.2, 0.25) is 0 Å². The van der Waals surface area contributed by atoms with E-state index in [1.165, 1.54) is 0 Å². The maximum absolute atomic E-state index is 11.5. The van der Waals surface area contributed by atoms with E-state index < -0.39 is 12.0 Å². The molecule has 1 aromatic rings. The number of carbonyl (C=O) groups is 1. The van der Waals surface area contributed by atoms with Crippen molar-refractivity contribution in [3.8, 4) is 5.75 Å². The number of carboxylic acid groups (broad SMARTS) is 1. The second-order valence-electron chi connectivity index (χ2n) is 4.78. The van der Waals surface area contributed by atoms with Gasteiger partial charge in [-0.25, -0.2) is 0 Å². The molecule has 1 heterocycles. The van der Waals surface area contributed by atoms with Gasteiger partial charge in [0.25, 0.3) is 0 Å². The van der Waals surface area contributed by atoms with Gasteiger partial charge in [-0.1, -0.05) is 12.1 Å². The summed E-state index contributed by atoms with van der Waals surface area (Å²) in [6.45, 7) is 1.20. The monoisotopic (exact) mass is 265 g/mol. The van der Waals surface area contributed by atoms with Crippen LogP contribution in [0.5, 0.6) is 5.75 Å². The Bertz CT molecular complexity index is 424. The minimum Gasteiger partial charge on any atom is -0.497 e. The predicted molar refractivity (Wildman–Crippen MR) is 70.2 cm³/mol. The van der Waals surface area contributed by atoms with Crippen LogP contribution in [0.3, 0.4) is 0 Å². The van der Waals surface area contributed by atoms with Crippen molar-refractivity contribution in [3.05, 3.63) is 29.8 Å². The molecule has 1 aliphatic rings. The van der Waals surface area contributed by atoms with Crippen molar-refractivity contribution in [1.82, 2.24) is 4.90 Å². The number of benzene rings is 1. The van der Waals surface area contributed by atoms with Gasteiger partial charge < -0.3 is 14.9 Å². The number of ether oxygens (including phenoxy) is 1. The van der Waals surface area contributed by atoms with Crippen molar-refractivity contribution in [2.75, 3.05) is 20.2 Å². The zero-order valence-corrected chi connectivity index (χ0v) is 11.0. The molecule has 2 N–H and O–H groups in total. The molecule has 1 atom stereocenters. The van der Waals surface area contributed by atoms with Crippen LogP contribution in [0, 0.1) is 0 Å². The van der Waals surface area contributed by atoms with Crippen molar-refractivity contribution in [2.24, 2.45) is 0 Å². The van der Waals surface area contributed by atoms with Crippen molar-refractivity contribution < 1.29 is 19.7 Å². The van der Waals surface area contributed by atoms with Gasteiger partial charge in [0.1, 0.15) is 11.8 Å². The standard InChI is InChI=1S/C14H19NO4/c1-19-12-4-2-10(3-5-12)13(14(17)18)15-8-6-11(16)7-9-15/h2-5,11,13,16H,6-9H2,1H3,(H,17,18). The SMILES string of the molecule is COc1ccc(C(C(=O)O)N2CCC(O)CC2)cc1. The highest BCUT2D eigenvalue weighted by molar-refractivity contribution is 5.75. The summed E-state index contributed by atoms with van der Waals surface area (Å²) in [5, 5.41) is 18.9. The lowest BCUT2D eigenvalue weighted by molar-refractivity contribution is -0.144. The van der Waals surface area contributed by atoms with Crippen molar-refractivity contribution >= 4 is 5.97 Å². The van der Waals surface area contributed by atoms with E-state index in [1.54, 1.807) is 31.4 Å². The Balaban J connectivity index is 2.17. The fraction of sp³-hybridized carbons (Fsp3) is 0.500. The Morgan fingerprint density at radius 2 is 1.89 bits per heavy atom. The number of hydrogen-bond acceptors (Lipinski definition) is 4. The van der Waals surface area contributed by atoms with Crippen LogP contribution in [0.15, 0.2) is 24.3 Å². The molecule has 1 aromatic carbocycles. The maximum atomic E-state index is 11.5. The minimum atomic E-state index is -0.860. The lowest BCUT2D eigenvalue weighted by Gasteiger charge is -2.34. The van der Waals surface area contributed by atoms with Gasteiger partial charge in [0.2, 0.25) is 0 Å². The van der Waals surface area contributed by atoms with Gasteiger partial charge in [-0.2, -0.15) is 0 Å². The molecule has 0 radical (unpaired) electrons. The quantitative estimate of drug-likeness (QED) is 0.858. The zero-order valence-electron chi connectivity index (χ0n) is 11.0. The molecule has 1 saturated heterocycles. The van der Waals surface area contributed by atoms with Crippen LogP contribution in [-0.4, -0.2) is 47.4 Å². The topological polar surface area (TPSA) is 70.0 Å². The molecule has 0 bridgehead atoms. The van der Waals surface area contributed by atoms with E-state index >= 15 is 0 Å². The summed E-state index contributed by atoms with van der Waals surface area (Å²) in [4.78, 5) is 13.4. The summed E-state index contributed by atoms with van der Waals surface area (Å²) in [6.07, 6.45) is 0.946. The highest BCUT2D eigenvalue weighted by Gasteiger charge is 2.30. The Morgan fingerprint density at radius 3 is 2.37 bits per heavy atom. The Kier molecular flexibility index (Phi) is 4.39. The van der Waals surface area contributed by atoms with Crippen molar-refractivity contribution in [3.63, 3.8) is 0 Å². The van der Waals surface area contributed by atoms with Gasteiger partial charge in [-0.3, -0.25) is 9.69 Å². The first kappa shape index (κ1) is 13.8. The number of aliphatic hydroxyl groups excluding tert-OH is 1. The lowest BCUT2D eigenvalue weighted by atomic mass is 10.0. The van der Waals surface area contributed by atoms with Crippen molar-refractivity contribution in [2.45, 2.75) is 25.0 Å². The second-order valence-corrected chi connectivity index (χ2v) is 4.78. The number of piperidine rings is 1. The highest BCUT2D eigenvalue weighted by Crippen LogP contribution is 2.26. The fourth-order valence-electron chi connectivity index (χ4n) is 2.44. The normalized spacial score (nSPS) is 19.1. The van der Waals surface area contributed by atoms with Gasteiger partial charge >= 0.3 is 5.97 Å². The Labute approximate surface area is 112 Å². The third-order valence-electron chi connectivity index (χ3n) is 3.53. The third kappa shape index (κ3) is 3.24. The fourth-order valence-corrected chi connectivity index (χ4v) is 2.44. The van der Waals surface area contributed by atoms with Crippen LogP contribution in [0.25, 0.3) is 0 Å². The third-order valence-corrected chi connectivity index (χ3v) is 3.53. The van der Waals surface area contributed by atoms with E-state index in [9.17, 15) is 15.0 Å². The molecule has 0 aliphatic carbocycles. The number of hydrogen-bond donors (Lipinski definition) is 2. The van der Waals surface area contributed by atoms with E-state index in [0.717, 1.165) is 5.56 Å². The Hall–Kier alpha value is -1.59. The van der Waals surface area contributed by atoms with E-state index in [4.69, 9.17) is 4.74 Å². The summed E-state index contributed by atoms with van der Waals surface area (Å²) in [5.74, 6) is -0.150. The van der Waals surface area contributed by atoms with Crippen LogP contribution in [0.1, 0.15) is 24.4 Å². The number of aliphatic carboxylic acids is 1. The number of likely N-dealkylation sites (tertiary alicyclic amines) is 1. The molecule has 0 spiro atoms. The highest BCUT2D eigenvalue weighted by atomic mass is 16.5. The van der Waals surface area contributed by atoms with Crippen molar-refractivity contribution in [1.29, 1.82) is 0 Å². The molecule has 104 valence electrons. The average molecular weight is 265 g/mol. The summed E-state index contributed by atoms with van der Waals surface area (Å²) in [7, 11) is 1.58. The molecular weight excluding hydrogens is 246 g/mol. The number of methoxy groups -OCH3 is 1. The van der Waals surface area contributed by atoms with Crippen LogP contribution >= 0.6 is 0 Å². The summed E-state index contributed by atoms with van der Waals surface area (Å²) < 4.78 is 5.07. The van der Waals surface area contributed by atoms with Crippen LogP contribution in [0.4, 0.5) is 0 Å². The lowest BCUT2D eigenvalue weighted by Crippen LogP contribution is -2.41. The summed E-state index contributed by atoms with van der Waals surface area (Å²) in [6, 6.07) is 6.44. The van der Waals surface area contributed by atoms with E-state index in [1.807, 2.05) is 4.90 Å². The number of aliphatic hydroxyl groups is 1. The summed E-state index contributed by atoms with van der Waals surface area (Å²) in [5.41, 5.74) is 0.740. The molecule has 1 aliphatic heterocycles. The minimum absolute atomic E-state index is 0.304. The van der Waals surface area contributed by atoms with Gasteiger partial charge in [-0.05, 0) is 30.5 Å². The number of carboxylic acids is 1. The molecular formula is C14H19NO4. The molecule has 1 unspecified atom stereocenters. The Morgan fingerprint density at radius 1 is 1.32 bits per heavy atom. The van der Waals surface area contributed by atoms with Gasteiger partial charge in [0, 0.05) is 13.1 Å². The summed E-state index contributed by atoms with van der Waals surface area (Å²) >= 11 is 0. The smallest absolute Gasteiger partial charge is 0.325 e. The average Bonchev–Trinajstić information content (AvgIpc) is 2.42. The number of rotatable bonds is 4. The molecule has 0 aromatic heterocycles. The predicted octanol–water partition coefficient (Wildman–Crippen LogP) is 1.28. The molecule has 19 heavy (non-hydrogen) atoms. The zero-order chi connectivity index (χ0) is 13.8. The van der Waals surface area contributed by atoms with E-state index in [-0.39, 0.29) is 6.10 Å². The van der Waals surface area contributed by atoms with Gasteiger partial charge in [0.05, 0.1) is 13.2 Å². The second kappa shape index (κ2) is 6.04. The first-order valence-electron chi connectivity index (χ1n) is 6.40. The molecule has 5 nitrogen and oxygen atoms in total. The first-order valence-corrected chi connectivity index (χ1v) is 6.40. The van der Waals surface area contributed by atoms with E-state index in [0.29, 0.717) is 31.7 Å².